The van der Waals surface area contributed by atoms with Gasteiger partial charge in [-0.05, 0) is 95.0 Å². The van der Waals surface area contributed by atoms with Crippen molar-refractivity contribution in [2.45, 2.75) is 19.3 Å². The highest BCUT2D eigenvalue weighted by molar-refractivity contribution is 6.22. The third kappa shape index (κ3) is 3.82. The van der Waals surface area contributed by atoms with Crippen molar-refractivity contribution in [3.8, 4) is 44.8 Å². The first-order valence-electron chi connectivity index (χ1n) is 15.6. The lowest BCUT2D eigenvalue weighted by molar-refractivity contribution is 0.660. The fourth-order valence-electron chi connectivity index (χ4n) is 7.65. The minimum absolute atomic E-state index is 0.0817. The van der Waals surface area contributed by atoms with Crippen molar-refractivity contribution in [1.82, 2.24) is 9.97 Å². The maximum atomic E-state index is 4.76. The molecule has 0 saturated heterocycles. The van der Waals surface area contributed by atoms with Crippen molar-refractivity contribution in [3.63, 3.8) is 0 Å². The van der Waals surface area contributed by atoms with E-state index in [4.69, 9.17) is 9.97 Å². The average molecular weight is 575 g/mol. The second kappa shape index (κ2) is 9.70. The molecule has 0 bridgehead atoms. The van der Waals surface area contributed by atoms with Gasteiger partial charge in [0.1, 0.15) is 0 Å². The van der Waals surface area contributed by atoms with Gasteiger partial charge in [0.25, 0.3) is 0 Å². The Kier molecular flexibility index (Phi) is 5.58. The summed E-state index contributed by atoms with van der Waals surface area (Å²) < 4.78 is 0. The Morgan fingerprint density at radius 2 is 1.04 bits per heavy atom. The molecule has 1 aromatic heterocycles. The Hall–Kier alpha value is -5.60. The summed E-state index contributed by atoms with van der Waals surface area (Å²) in [7, 11) is 0. The monoisotopic (exact) mass is 574 g/mol. The summed E-state index contributed by atoms with van der Waals surface area (Å²) in [5.41, 5.74) is 11.3. The maximum absolute atomic E-state index is 4.76. The van der Waals surface area contributed by atoms with E-state index in [1.165, 1.54) is 66.1 Å². The normalized spacial score (nSPS) is 13.3. The molecule has 7 aromatic carbocycles. The lowest BCUT2D eigenvalue weighted by Crippen LogP contribution is -2.14. The summed E-state index contributed by atoms with van der Waals surface area (Å²) in [5.74, 6) is 0.744. The smallest absolute Gasteiger partial charge is 0.160 e. The number of rotatable bonds is 3. The van der Waals surface area contributed by atoms with E-state index in [0.717, 1.165) is 22.2 Å². The summed E-state index contributed by atoms with van der Waals surface area (Å²) in [6, 6.07) is 48.7. The highest BCUT2D eigenvalue weighted by Gasteiger charge is 2.37. The van der Waals surface area contributed by atoms with Crippen LogP contribution in [-0.4, -0.2) is 9.97 Å². The van der Waals surface area contributed by atoms with Gasteiger partial charge in [0.2, 0.25) is 0 Å². The second-order valence-electron chi connectivity index (χ2n) is 12.6. The predicted octanol–water partition coefficient (Wildman–Crippen LogP) is 11.2. The van der Waals surface area contributed by atoms with Crippen LogP contribution in [0, 0.1) is 0 Å². The summed E-state index contributed by atoms with van der Waals surface area (Å²) in [6.07, 6.45) is 3.67. The molecule has 0 aliphatic heterocycles. The van der Waals surface area contributed by atoms with E-state index in [2.05, 4.69) is 141 Å². The zero-order valence-corrected chi connectivity index (χ0v) is 25.3. The van der Waals surface area contributed by atoms with Crippen molar-refractivity contribution in [2.24, 2.45) is 0 Å². The molecular weight excluding hydrogens is 544 g/mol. The highest BCUT2D eigenvalue weighted by Crippen LogP contribution is 2.54. The summed E-state index contributed by atoms with van der Waals surface area (Å²) in [5, 5.41) is 7.22. The Labute approximate surface area is 262 Å². The van der Waals surface area contributed by atoms with Gasteiger partial charge < -0.3 is 0 Å². The summed E-state index contributed by atoms with van der Waals surface area (Å²) >= 11 is 0. The van der Waals surface area contributed by atoms with E-state index < -0.39 is 0 Å². The Morgan fingerprint density at radius 1 is 0.422 bits per heavy atom. The first-order valence-corrected chi connectivity index (χ1v) is 15.6. The SMILES string of the molecule is CC1(C)c2ccccc2-c2c(-c3c4ccccc4c(-c4ncccn4)c4ccc(-c5ccc6ccccc6c5)cc34)cccc21. The predicted molar refractivity (Wildman–Crippen MR) is 188 cm³/mol. The van der Waals surface area contributed by atoms with Crippen molar-refractivity contribution >= 4 is 32.3 Å². The minimum atomic E-state index is -0.0817. The molecule has 0 spiro atoms. The van der Waals surface area contributed by atoms with Crippen LogP contribution in [0.25, 0.3) is 77.1 Å². The van der Waals surface area contributed by atoms with Gasteiger partial charge in [-0.1, -0.05) is 129 Å². The van der Waals surface area contributed by atoms with Crippen LogP contribution in [0.1, 0.15) is 25.0 Å². The molecule has 1 aliphatic rings. The van der Waals surface area contributed by atoms with E-state index >= 15 is 0 Å². The van der Waals surface area contributed by atoms with E-state index in [0.29, 0.717) is 0 Å². The molecule has 9 rings (SSSR count). The van der Waals surface area contributed by atoms with Crippen LogP contribution in [0.2, 0.25) is 0 Å². The molecule has 1 aliphatic carbocycles. The molecule has 212 valence electrons. The van der Waals surface area contributed by atoms with Crippen LogP contribution in [0.5, 0.6) is 0 Å². The topological polar surface area (TPSA) is 25.8 Å². The molecule has 0 N–H and O–H groups in total. The number of benzene rings is 7. The van der Waals surface area contributed by atoms with E-state index in [9.17, 15) is 0 Å². The third-order valence-electron chi connectivity index (χ3n) is 9.77. The average Bonchev–Trinajstić information content (AvgIpc) is 3.33. The standard InChI is InChI=1S/C43H30N2/c1-43(2)37-17-8-7-15-34(37)40-35(16-9-18-38(40)43)39-31-13-5-6-14-32(31)41(42-44-23-10-24-45-42)33-22-21-30(26-36(33)39)29-20-19-27-11-3-4-12-28(27)25-29/h3-26H,1-2H3. The molecule has 0 saturated carbocycles. The van der Waals surface area contributed by atoms with Crippen LogP contribution in [0.3, 0.4) is 0 Å². The van der Waals surface area contributed by atoms with Gasteiger partial charge in [-0.15, -0.1) is 0 Å². The lowest BCUT2D eigenvalue weighted by atomic mass is 9.81. The molecule has 8 aromatic rings. The zero-order valence-electron chi connectivity index (χ0n) is 25.3. The lowest BCUT2D eigenvalue weighted by Gasteiger charge is -2.22. The fourth-order valence-corrected chi connectivity index (χ4v) is 7.65. The Balaban J connectivity index is 1.43. The molecule has 45 heavy (non-hydrogen) atoms. The number of fused-ring (bicyclic) bond motifs is 6. The van der Waals surface area contributed by atoms with Gasteiger partial charge in [-0.2, -0.15) is 0 Å². The quantitative estimate of drug-likeness (QED) is 0.196. The third-order valence-corrected chi connectivity index (χ3v) is 9.77. The van der Waals surface area contributed by atoms with Crippen LogP contribution in [0.4, 0.5) is 0 Å². The fraction of sp³-hybridized carbons (Fsp3) is 0.0698. The molecule has 2 heteroatoms. The molecule has 0 atom stereocenters. The number of aromatic nitrogens is 2. The Morgan fingerprint density at radius 3 is 1.89 bits per heavy atom. The Bertz CT molecular complexity index is 2450. The molecule has 1 heterocycles. The van der Waals surface area contributed by atoms with Gasteiger partial charge in [0, 0.05) is 23.4 Å². The molecular formula is C43H30N2. The number of hydrogen-bond donors (Lipinski definition) is 0. The van der Waals surface area contributed by atoms with Gasteiger partial charge >= 0.3 is 0 Å². The van der Waals surface area contributed by atoms with Gasteiger partial charge in [0.05, 0.1) is 0 Å². The van der Waals surface area contributed by atoms with Crippen molar-refractivity contribution in [2.75, 3.05) is 0 Å². The van der Waals surface area contributed by atoms with Crippen LogP contribution < -0.4 is 0 Å². The zero-order chi connectivity index (χ0) is 30.1. The summed E-state index contributed by atoms with van der Waals surface area (Å²) in [4.78, 5) is 9.52. The van der Waals surface area contributed by atoms with Crippen LogP contribution in [-0.2, 0) is 5.41 Å². The van der Waals surface area contributed by atoms with Gasteiger partial charge in [0.15, 0.2) is 5.82 Å². The van der Waals surface area contributed by atoms with Crippen LogP contribution in [0.15, 0.2) is 146 Å². The molecule has 2 nitrogen and oxygen atoms in total. The molecule has 0 fully saturated rings. The second-order valence-corrected chi connectivity index (χ2v) is 12.6. The van der Waals surface area contributed by atoms with Gasteiger partial charge in [-0.25, -0.2) is 9.97 Å². The van der Waals surface area contributed by atoms with Crippen molar-refractivity contribution in [3.05, 3.63) is 157 Å². The largest absolute Gasteiger partial charge is 0.237 e. The minimum Gasteiger partial charge on any atom is -0.237 e. The molecule has 0 unspecified atom stereocenters. The van der Waals surface area contributed by atoms with E-state index in [1.54, 1.807) is 0 Å². The summed E-state index contributed by atoms with van der Waals surface area (Å²) in [6.45, 7) is 4.71. The van der Waals surface area contributed by atoms with E-state index in [1.807, 2.05) is 18.5 Å². The molecule has 0 radical (unpaired) electrons. The number of hydrogen-bond acceptors (Lipinski definition) is 2. The maximum Gasteiger partial charge on any atom is 0.160 e. The first-order chi connectivity index (χ1) is 22.1. The van der Waals surface area contributed by atoms with E-state index in [-0.39, 0.29) is 5.41 Å². The first kappa shape index (κ1) is 25.9. The highest BCUT2D eigenvalue weighted by atomic mass is 14.9. The number of nitrogens with zero attached hydrogens (tertiary/aromatic N) is 2. The van der Waals surface area contributed by atoms with Crippen molar-refractivity contribution in [1.29, 1.82) is 0 Å². The molecule has 0 amide bonds. The van der Waals surface area contributed by atoms with Crippen molar-refractivity contribution < 1.29 is 0 Å². The van der Waals surface area contributed by atoms with Gasteiger partial charge in [-0.3, -0.25) is 0 Å². The van der Waals surface area contributed by atoms with Crippen LogP contribution >= 0.6 is 0 Å².